The summed E-state index contributed by atoms with van der Waals surface area (Å²) in [5.41, 5.74) is 4.84. The van der Waals surface area contributed by atoms with E-state index in [-0.39, 0.29) is 16.8 Å². The first-order chi connectivity index (χ1) is 9.99. The van der Waals surface area contributed by atoms with Gasteiger partial charge in [-0.05, 0) is 31.4 Å². The highest BCUT2D eigenvalue weighted by Gasteiger charge is 2.32. The average molecular weight is 348 g/mol. The van der Waals surface area contributed by atoms with Crippen molar-refractivity contribution in [2.75, 3.05) is 0 Å². The van der Waals surface area contributed by atoms with E-state index >= 15 is 0 Å². The van der Waals surface area contributed by atoms with Crippen LogP contribution in [0.25, 0.3) is 0 Å². The number of hydrogen-bond acceptors (Lipinski definition) is 2. The smallest absolute Gasteiger partial charge is 0.255 e. The lowest BCUT2D eigenvalue weighted by Gasteiger charge is -2.18. The van der Waals surface area contributed by atoms with Crippen LogP contribution in [0.3, 0.4) is 0 Å². The van der Waals surface area contributed by atoms with Gasteiger partial charge in [0, 0.05) is 17.6 Å². The van der Waals surface area contributed by atoms with Crippen molar-refractivity contribution in [1.29, 1.82) is 0 Å². The van der Waals surface area contributed by atoms with Gasteiger partial charge in [-0.2, -0.15) is 5.10 Å². The monoisotopic (exact) mass is 347 g/mol. The van der Waals surface area contributed by atoms with E-state index in [9.17, 15) is 4.79 Å². The molecule has 1 aromatic heterocycles. The van der Waals surface area contributed by atoms with Gasteiger partial charge in [-0.25, -0.2) is 0 Å². The van der Waals surface area contributed by atoms with Crippen molar-refractivity contribution in [3.63, 3.8) is 0 Å². The highest BCUT2D eigenvalue weighted by Crippen LogP contribution is 2.36. The van der Waals surface area contributed by atoms with Crippen molar-refractivity contribution in [3.05, 3.63) is 52.3 Å². The van der Waals surface area contributed by atoms with Gasteiger partial charge >= 0.3 is 0 Å². The Morgan fingerprint density at radius 2 is 2.10 bits per heavy atom. The summed E-state index contributed by atoms with van der Waals surface area (Å²) in [6.45, 7) is 3.79. The lowest BCUT2D eigenvalue weighted by molar-refractivity contribution is 0.0936. The fraction of sp³-hybridized carbons (Fsp3) is 0.375. The third kappa shape index (κ3) is 2.39. The molecule has 110 valence electrons. The van der Waals surface area contributed by atoms with Gasteiger partial charge in [0.05, 0.1) is 17.3 Å². The molecule has 0 saturated heterocycles. The first kappa shape index (κ1) is 14.3. The van der Waals surface area contributed by atoms with Gasteiger partial charge in [0.25, 0.3) is 5.91 Å². The molecule has 1 aliphatic carbocycles. The molecule has 1 N–H and O–H groups in total. The summed E-state index contributed by atoms with van der Waals surface area (Å²) in [4.78, 5) is 12.9. The van der Waals surface area contributed by atoms with Crippen LogP contribution in [-0.4, -0.2) is 20.5 Å². The van der Waals surface area contributed by atoms with Gasteiger partial charge in [0.2, 0.25) is 0 Å². The van der Waals surface area contributed by atoms with E-state index in [0.29, 0.717) is 5.56 Å². The number of rotatable bonds is 2. The summed E-state index contributed by atoms with van der Waals surface area (Å²) in [6.07, 6.45) is 0.937. The Morgan fingerprint density at radius 1 is 1.38 bits per heavy atom. The zero-order chi connectivity index (χ0) is 15.1. The number of alkyl halides is 1. The molecule has 1 amide bonds. The lowest BCUT2D eigenvalue weighted by Crippen LogP contribution is -2.32. The molecule has 4 nitrogen and oxygen atoms in total. The second kappa shape index (κ2) is 5.30. The first-order valence-electron chi connectivity index (χ1n) is 7.02. The summed E-state index contributed by atoms with van der Waals surface area (Å²) in [6, 6.07) is 8.27. The SMILES string of the molecule is Cc1nn(C)c(C)c1C(=O)NC1c2ccccc2CC1Br. The Morgan fingerprint density at radius 3 is 2.76 bits per heavy atom. The molecule has 1 aliphatic rings. The zero-order valence-corrected chi connectivity index (χ0v) is 13.9. The minimum absolute atomic E-state index is 0.00714. The molecule has 21 heavy (non-hydrogen) atoms. The zero-order valence-electron chi connectivity index (χ0n) is 12.4. The summed E-state index contributed by atoms with van der Waals surface area (Å²) >= 11 is 3.69. The first-order valence-corrected chi connectivity index (χ1v) is 7.93. The second-order valence-corrected chi connectivity index (χ2v) is 6.72. The van der Waals surface area contributed by atoms with Crippen LogP contribution < -0.4 is 5.32 Å². The third-order valence-electron chi connectivity index (χ3n) is 4.19. The maximum Gasteiger partial charge on any atom is 0.255 e. The predicted molar refractivity (Wildman–Crippen MR) is 85.8 cm³/mol. The van der Waals surface area contributed by atoms with Crippen molar-refractivity contribution in [1.82, 2.24) is 15.1 Å². The number of carbonyl (C=O) groups is 1. The number of fused-ring (bicyclic) bond motifs is 1. The minimum Gasteiger partial charge on any atom is -0.344 e. The van der Waals surface area contributed by atoms with Gasteiger partial charge in [-0.15, -0.1) is 0 Å². The van der Waals surface area contributed by atoms with Crippen LogP contribution in [0.15, 0.2) is 24.3 Å². The lowest BCUT2D eigenvalue weighted by atomic mass is 10.1. The molecule has 0 bridgehead atoms. The van der Waals surface area contributed by atoms with Crippen LogP contribution in [0, 0.1) is 13.8 Å². The van der Waals surface area contributed by atoms with Crippen LogP contribution in [-0.2, 0) is 13.5 Å². The van der Waals surface area contributed by atoms with Gasteiger partial charge in [0.1, 0.15) is 0 Å². The number of aromatic nitrogens is 2. The molecule has 0 spiro atoms. The molecule has 2 aromatic rings. The van der Waals surface area contributed by atoms with Crippen molar-refractivity contribution in [2.45, 2.75) is 31.1 Å². The fourth-order valence-electron chi connectivity index (χ4n) is 3.03. The van der Waals surface area contributed by atoms with Crippen molar-refractivity contribution in [3.8, 4) is 0 Å². The summed E-state index contributed by atoms with van der Waals surface area (Å²) in [5, 5.41) is 7.47. The summed E-state index contributed by atoms with van der Waals surface area (Å²) in [5.74, 6) is -0.0516. The van der Waals surface area contributed by atoms with E-state index in [4.69, 9.17) is 0 Å². The molecule has 0 saturated carbocycles. The number of nitrogens with one attached hydrogen (secondary N) is 1. The predicted octanol–water partition coefficient (Wildman–Crippen LogP) is 2.83. The molecule has 0 fully saturated rings. The van der Waals surface area contributed by atoms with Gasteiger partial charge in [-0.3, -0.25) is 9.48 Å². The number of carbonyl (C=O) groups excluding carboxylic acids is 1. The Kier molecular flexibility index (Phi) is 3.61. The molecular weight excluding hydrogens is 330 g/mol. The molecule has 0 aliphatic heterocycles. The molecular formula is C16H18BrN3O. The number of amides is 1. The number of benzene rings is 1. The largest absolute Gasteiger partial charge is 0.344 e. The number of nitrogens with zero attached hydrogens (tertiary/aromatic N) is 2. The Hall–Kier alpha value is -1.62. The van der Waals surface area contributed by atoms with Crippen molar-refractivity contribution >= 4 is 21.8 Å². The topological polar surface area (TPSA) is 46.9 Å². The van der Waals surface area contributed by atoms with Crippen LogP contribution >= 0.6 is 15.9 Å². The van der Waals surface area contributed by atoms with Gasteiger partial charge in [0.15, 0.2) is 0 Å². The highest BCUT2D eigenvalue weighted by atomic mass is 79.9. The molecule has 0 radical (unpaired) electrons. The van der Waals surface area contributed by atoms with Crippen molar-refractivity contribution < 1.29 is 4.79 Å². The normalized spacial score (nSPS) is 20.4. The standard InChI is InChI=1S/C16H18BrN3O/c1-9-14(10(2)20(3)19-9)16(21)18-15-12-7-5-4-6-11(12)8-13(15)17/h4-7,13,15H,8H2,1-3H3,(H,18,21). The van der Waals surface area contributed by atoms with E-state index in [1.54, 1.807) is 4.68 Å². The van der Waals surface area contributed by atoms with E-state index in [1.165, 1.54) is 11.1 Å². The third-order valence-corrected chi connectivity index (χ3v) is 5.04. The molecule has 3 rings (SSSR count). The van der Waals surface area contributed by atoms with Crippen LogP contribution in [0.5, 0.6) is 0 Å². The Labute approximate surface area is 132 Å². The van der Waals surface area contributed by atoms with Crippen LogP contribution in [0.1, 0.15) is 38.9 Å². The van der Waals surface area contributed by atoms with E-state index in [2.05, 4.69) is 38.5 Å². The Balaban J connectivity index is 1.89. The maximum absolute atomic E-state index is 12.6. The van der Waals surface area contributed by atoms with E-state index < -0.39 is 0 Å². The minimum atomic E-state index is -0.0516. The molecule has 2 atom stereocenters. The number of halogens is 1. The molecule has 2 unspecified atom stereocenters. The van der Waals surface area contributed by atoms with Gasteiger partial charge in [-0.1, -0.05) is 40.2 Å². The quantitative estimate of drug-likeness (QED) is 0.849. The van der Waals surface area contributed by atoms with E-state index in [1.807, 2.05) is 33.0 Å². The number of hydrogen-bond donors (Lipinski definition) is 1. The fourth-order valence-corrected chi connectivity index (χ4v) is 3.80. The molecule has 5 heteroatoms. The maximum atomic E-state index is 12.6. The van der Waals surface area contributed by atoms with Crippen LogP contribution in [0.2, 0.25) is 0 Å². The Bertz CT molecular complexity index is 708. The highest BCUT2D eigenvalue weighted by molar-refractivity contribution is 9.09. The van der Waals surface area contributed by atoms with Crippen LogP contribution in [0.4, 0.5) is 0 Å². The second-order valence-electron chi connectivity index (χ2n) is 5.54. The molecule has 1 aromatic carbocycles. The van der Waals surface area contributed by atoms with E-state index in [0.717, 1.165) is 17.8 Å². The molecule has 1 heterocycles. The summed E-state index contributed by atoms with van der Waals surface area (Å²) < 4.78 is 1.75. The van der Waals surface area contributed by atoms with Crippen molar-refractivity contribution in [2.24, 2.45) is 7.05 Å². The summed E-state index contributed by atoms with van der Waals surface area (Å²) in [7, 11) is 1.86. The average Bonchev–Trinajstić information content (AvgIpc) is 2.88. The van der Waals surface area contributed by atoms with Gasteiger partial charge < -0.3 is 5.32 Å². The number of aryl methyl sites for hydroxylation is 2.